The van der Waals surface area contributed by atoms with Crippen LogP contribution in [0.25, 0.3) is 16.8 Å². The number of hydrogen-bond donors (Lipinski definition) is 0. The number of rotatable bonds is 7. The van der Waals surface area contributed by atoms with E-state index < -0.39 is 0 Å². The molecule has 150 valence electrons. The van der Waals surface area contributed by atoms with Gasteiger partial charge in [0, 0.05) is 43.1 Å². The zero-order chi connectivity index (χ0) is 20.4. The predicted molar refractivity (Wildman–Crippen MR) is 108 cm³/mol. The van der Waals surface area contributed by atoms with Crippen molar-refractivity contribution in [1.82, 2.24) is 29.3 Å². The molecule has 0 spiro atoms. The summed E-state index contributed by atoms with van der Waals surface area (Å²) in [5.74, 6) is 1.02. The van der Waals surface area contributed by atoms with Gasteiger partial charge in [-0.25, -0.2) is 4.39 Å². The third-order valence-corrected chi connectivity index (χ3v) is 4.59. The minimum Gasteiger partial charge on any atom is -0.492 e. The van der Waals surface area contributed by atoms with Crippen LogP contribution in [-0.2, 0) is 20.0 Å². The van der Waals surface area contributed by atoms with Crippen LogP contribution in [0.4, 0.5) is 4.39 Å². The Bertz CT molecular complexity index is 1130. The molecule has 0 unspecified atom stereocenters. The molecule has 3 heterocycles. The normalized spacial score (nSPS) is 11.5. The molecule has 4 aromatic rings. The van der Waals surface area contributed by atoms with E-state index in [-0.39, 0.29) is 5.82 Å². The van der Waals surface area contributed by atoms with Crippen LogP contribution in [-0.4, -0.2) is 50.0 Å². The van der Waals surface area contributed by atoms with Gasteiger partial charge in [-0.1, -0.05) is 0 Å². The zero-order valence-electron chi connectivity index (χ0n) is 16.7. The summed E-state index contributed by atoms with van der Waals surface area (Å²) in [6.45, 7) is 1.10. The van der Waals surface area contributed by atoms with Gasteiger partial charge in [0.2, 0.25) is 0 Å². The molecule has 4 rings (SSSR count). The molecule has 0 radical (unpaired) electrons. The molecule has 7 nitrogen and oxygen atoms in total. The summed E-state index contributed by atoms with van der Waals surface area (Å²) in [6.07, 6.45) is 6.42. The van der Waals surface area contributed by atoms with Crippen molar-refractivity contribution in [2.45, 2.75) is 13.0 Å². The molecule has 0 aliphatic heterocycles. The molecule has 1 aromatic carbocycles. The lowest BCUT2D eigenvalue weighted by atomic mass is 10.1. The van der Waals surface area contributed by atoms with Gasteiger partial charge in [-0.15, -0.1) is 10.2 Å². The molecule has 29 heavy (non-hydrogen) atoms. The molecule has 8 heteroatoms. The van der Waals surface area contributed by atoms with E-state index in [9.17, 15) is 4.39 Å². The molecule has 0 amide bonds. The molecule has 0 bridgehead atoms. The quantitative estimate of drug-likeness (QED) is 0.482. The molecule has 0 saturated carbocycles. The van der Waals surface area contributed by atoms with Gasteiger partial charge in [-0.2, -0.15) is 5.10 Å². The summed E-state index contributed by atoms with van der Waals surface area (Å²) >= 11 is 0. The minimum absolute atomic E-state index is 0.330. The Kier molecular flexibility index (Phi) is 5.26. The van der Waals surface area contributed by atoms with Crippen molar-refractivity contribution >= 4 is 5.65 Å². The Hall–Kier alpha value is -3.26. The molecule has 0 atom stereocenters. The van der Waals surface area contributed by atoms with Crippen LogP contribution in [0.5, 0.6) is 5.75 Å². The van der Waals surface area contributed by atoms with E-state index in [0.29, 0.717) is 25.3 Å². The fourth-order valence-electron chi connectivity index (χ4n) is 3.22. The SMILES string of the molecule is CN(C)Cc1nnc2ccc(-c3ccc(F)cc3OCCc3cnn(C)c3)cn12. The van der Waals surface area contributed by atoms with Crippen molar-refractivity contribution in [1.29, 1.82) is 0 Å². The van der Waals surface area contributed by atoms with E-state index in [1.54, 1.807) is 10.7 Å². The number of halogens is 1. The Morgan fingerprint density at radius 1 is 1.10 bits per heavy atom. The second kappa shape index (κ2) is 8.00. The summed E-state index contributed by atoms with van der Waals surface area (Å²) in [6, 6.07) is 8.47. The highest BCUT2D eigenvalue weighted by Gasteiger charge is 2.12. The number of benzene rings is 1. The fourth-order valence-corrected chi connectivity index (χ4v) is 3.22. The van der Waals surface area contributed by atoms with Crippen LogP contribution in [0.3, 0.4) is 0 Å². The van der Waals surface area contributed by atoms with Gasteiger partial charge in [-0.3, -0.25) is 9.08 Å². The van der Waals surface area contributed by atoms with Crippen molar-refractivity contribution in [2.24, 2.45) is 7.05 Å². The maximum Gasteiger partial charge on any atom is 0.160 e. The van der Waals surface area contributed by atoms with Crippen molar-refractivity contribution in [3.05, 3.63) is 66.1 Å². The first-order chi connectivity index (χ1) is 14.0. The molecule has 0 aliphatic rings. The number of aromatic nitrogens is 5. The van der Waals surface area contributed by atoms with Crippen molar-refractivity contribution in [3.63, 3.8) is 0 Å². The number of fused-ring (bicyclic) bond motifs is 1. The highest BCUT2D eigenvalue weighted by atomic mass is 19.1. The minimum atomic E-state index is -0.330. The van der Waals surface area contributed by atoms with Gasteiger partial charge in [0.1, 0.15) is 11.6 Å². The summed E-state index contributed by atoms with van der Waals surface area (Å²) in [7, 11) is 5.85. The standard InChI is InChI=1S/C21H23FN6O/c1-26(2)14-21-25-24-20-7-4-16(13-28(20)21)18-6-5-17(22)10-19(18)29-9-8-15-11-23-27(3)12-15/h4-7,10-13H,8-9,14H2,1-3H3. The lowest BCUT2D eigenvalue weighted by molar-refractivity contribution is 0.321. The van der Waals surface area contributed by atoms with Crippen molar-refractivity contribution < 1.29 is 9.13 Å². The van der Waals surface area contributed by atoms with E-state index >= 15 is 0 Å². The zero-order valence-corrected chi connectivity index (χ0v) is 16.7. The van der Waals surface area contributed by atoms with Gasteiger partial charge < -0.3 is 9.64 Å². The van der Waals surface area contributed by atoms with E-state index in [1.807, 2.05) is 61.2 Å². The first-order valence-electron chi connectivity index (χ1n) is 9.38. The van der Waals surface area contributed by atoms with E-state index in [4.69, 9.17) is 4.74 Å². The maximum atomic E-state index is 13.9. The Labute approximate surface area is 168 Å². The predicted octanol–water partition coefficient (Wildman–Crippen LogP) is 2.95. The Balaban J connectivity index is 1.62. The third kappa shape index (κ3) is 4.27. The van der Waals surface area contributed by atoms with Crippen LogP contribution in [0, 0.1) is 5.82 Å². The lowest BCUT2D eigenvalue weighted by Crippen LogP contribution is -2.13. The van der Waals surface area contributed by atoms with Crippen LogP contribution in [0.15, 0.2) is 48.9 Å². The molecule has 0 saturated heterocycles. The molecule has 3 aromatic heterocycles. The van der Waals surface area contributed by atoms with E-state index in [2.05, 4.69) is 15.3 Å². The molecule has 0 N–H and O–H groups in total. The monoisotopic (exact) mass is 394 g/mol. The smallest absolute Gasteiger partial charge is 0.160 e. The molecule has 0 aliphatic carbocycles. The maximum absolute atomic E-state index is 13.9. The summed E-state index contributed by atoms with van der Waals surface area (Å²) < 4.78 is 23.6. The van der Waals surface area contributed by atoms with Gasteiger partial charge >= 0.3 is 0 Å². The molecular weight excluding hydrogens is 371 g/mol. The van der Waals surface area contributed by atoms with Crippen molar-refractivity contribution in [2.75, 3.05) is 20.7 Å². The number of pyridine rings is 1. The topological polar surface area (TPSA) is 60.5 Å². The van der Waals surface area contributed by atoms with Crippen molar-refractivity contribution in [3.8, 4) is 16.9 Å². The van der Waals surface area contributed by atoms with Crippen LogP contribution < -0.4 is 4.74 Å². The lowest BCUT2D eigenvalue weighted by Gasteiger charge is -2.13. The largest absolute Gasteiger partial charge is 0.492 e. The van der Waals surface area contributed by atoms with Crippen LogP contribution in [0.1, 0.15) is 11.4 Å². The molecular formula is C21H23FN6O. The van der Waals surface area contributed by atoms with Crippen LogP contribution in [0.2, 0.25) is 0 Å². The van der Waals surface area contributed by atoms with E-state index in [1.165, 1.54) is 12.1 Å². The van der Waals surface area contributed by atoms with Gasteiger partial charge in [0.15, 0.2) is 11.5 Å². The number of nitrogens with zero attached hydrogens (tertiary/aromatic N) is 6. The Morgan fingerprint density at radius 3 is 2.72 bits per heavy atom. The first-order valence-corrected chi connectivity index (χ1v) is 9.38. The highest BCUT2D eigenvalue weighted by Crippen LogP contribution is 2.31. The second-order valence-corrected chi connectivity index (χ2v) is 7.26. The van der Waals surface area contributed by atoms with Gasteiger partial charge in [0.05, 0.1) is 19.3 Å². The molecule has 0 fully saturated rings. The number of aryl methyl sites for hydroxylation is 1. The highest BCUT2D eigenvalue weighted by molar-refractivity contribution is 5.71. The summed E-state index contributed by atoms with van der Waals surface area (Å²) in [4.78, 5) is 2.04. The second-order valence-electron chi connectivity index (χ2n) is 7.26. The average Bonchev–Trinajstić information content (AvgIpc) is 3.27. The van der Waals surface area contributed by atoms with Crippen LogP contribution >= 0.6 is 0 Å². The van der Waals surface area contributed by atoms with Gasteiger partial charge in [0.25, 0.3) is 0 Å². The summed E-state index contributed by atoms with van der Waals surface area (Å²) in [5, 5.41) is 12.6. The average molecular weight is 394 g/mol. The van der Waals surface area contributed by atoms with Gasteiger partial charge in [-0.05, 0) is 43.9 Å². The summed E-state index contributed by atoms with van der Waals surface area (Å²) in [5.41, 5.74) is 3.58. The fraction of sp³-hybridized carbons (Fsp3) is 0.286. The third-order valence-electron chi connectivity index (χ3n) is 4.59. The number of hydrogen-bond acceptors (Lipinski definition) is 5. The van der Waals surface area contributed by atoms with E-state index in [0.717, 1.165) is 28.2 Å². The Morgan fingerprint density at radius 2 is 1.97 bits per heavy atom. The number of ether oxygens (including phenoxy) is 1. The first kappa shape index (κ1) is 19.1.